The Kier molecular flexibility index (Phi) is 10.2. The van der Waals surface area contributed by atoms with Crippen LogP contribution in [0.2, 0.25) is 0 Å². The summed E-state index contributed by atoms with van der Waals surface area (Å²) in [5.41, 5.74) is 0. The Morgan fingerprint density at radius 3 is 2.52 bits per heavy atom. The van der Waals surface area contributed by atoms with Crippen LogP contribution in [0, 0.1) is 5.92 Å². The van der Waals surface area contributed by atoms with Gasteiger partial charge in [-0.1, -0.05) is 41.5 Å². The van der Waals surface area contributed by atoms with E-state index in [1.807, 2.05) is 19.9 Å². The van der Waals surface area contributed by atoms with E-state index in [1.54, 1.807) is 16.9 Å². The third kappa shape index (κ3) is 8.38. The van der Waals surface area contributed by atoms with Crippen molar-refractivity contribution < 1.29 is 29.0 Å². The van der Waals surface area contributed by atoms with Crippen molar-refractivity contribution in [2.75, 3.05) is 11.5 Å². The number of carbonyl (C=O) groups is 4. The van der Waals surface area contributed by atoms with E-state index in [4.69, 9.17) is 4.74 Å². The van der Waals surface area contributed by atoms with Crippen LogP contribution in [0.25, 0.3) is 0 Å². The third-order valence-corrected chi connectivity index (χ3v) is 7.37. The van der Waals surface area contributed by atoms with Crippen molar-refractivity contribution in [2.24, 2.45) is 5.92 Å². The summed E-state index contributed by atoms with van der Waals surface area (Å²) in [6.45, 7) is 5.17. The second-order valence-electron chi connectivity index (χ2n) is 7.96. The molecule has 11 heteroatoms. The minimum atomic E-state index is -1.18. The van der Waals surface area contributed by atoms with Gasteiger partial charge in [0.15, 0.2) is 0 Å². The van der Waals surface area contributed by atoms with Gasteiger partial charge in [-0.05, 0) is 25.3 Å². The Bertz CT molecular complexity index is 702. The van der Waals surface area contributed by atoms with Crippen molar-refractivity contribution in [1.82, 2.24) is 16.0 Å². The van der Waals surface area contributed by atoms with Gasteiger partial charge in [0.2, 0.25) is 17.7 Å². The zero-order chi connectivity index (χ0) is 23.0. The summed E-state index contributed by atoms with van der Waals surface area (Å²) in [4.78, 5) is 50.4. The molecule has 0 aromatic rings. The molecule has 2 heterocycles. The van der Waals surface area contributed by atoms with Crippen molar-refractivity contribution in [3.05, 3.63) is 12.2 Å². The summed E-state index contributed by atoms with van der Waals surface area (Å²) in [7, 11) is 3.02. The smallest absolute Gasteiger partial charge is 0.309 e. The molecule has 0 spiro atoms. The van der Waals surface area contributed by atoms with Crippen molar-refractivity contribution in [1.29, 1.82) is 0 Å². The first-order chi connectivity index (χ1) is 14.7. The van der Waals surface area contributed by atoms with E-state index < -0.39 is 54.0 Å². The highest BCUT2D eigenvalue weighted by Gasteiger charge is 2.32. The maximum absolute atomic E-state index is 13.0. The number of amides is 3. The lowest BCUT2D eigenvalue weighted by molar-refractivity contribution is -0.151. The standard InChI is InChI=1S/C20H31N3O6S2/c1-11(2)18-15(24)9-17(26)29-13-6-4-5-7-30-31-10-14(20(28)23-18)22-19(27)12(3)21-16(25)8-13/h4,6,11-15,18,24H,5,7-10H2,1-3H3,(H,21,25)(H,22,27)(H,23,28)/b6-4+/t12-,13+,14+,15-,18+/m1/s1. The molecule has 2 bridgehead atoms. The number of hydrogen-bond donors (Lipinski definition) is 4. The Morgan fingerprint density at radius 1 is 1.06 bits per heavy atom. The first kappa shape index (κ1) is 25.5. The molecule has 2 rings (SSSR count). The van der Waals surface area contributed by atoms with Crippen molar-refractivity contribution in [3.8, 4) is 0 Å². The summed E-state index contributed by atoms with van der Waals surface area (Å²) in [5, 5.41) is 18.7. The predicted molar refractivity (Wildman–Crippen MR) is 120 cm³/mol. The Morgan fingerprint density at radius 2 is 1.81 bits per heavy atom. The number of fused-ring (bicyclic) bond motifs is 7. The SMILES string of the molecule is CC(C)[C@@H]1NC(=O)[C@@H]2CSSCC/C=C/[C@@H](CC(=O)N[C@H](C)C(=O)N2)OC(=O)C[C@H]1O. The molecule has 0 aliphatic carbocycles. The molecule has 1 fully saturated rings. The number of aliphatic hydroxyl groups excluding tert-OH is 1. The first-order valence-electron chi connectivity index (χ1n) is 10.4. The fourth-order valence-electron chi connectivity index (χ4n) is 3.20. The number of nitrogens with one attached hydrogen (secondary N) is 3. The molecule has 4 N–H and O–H groups in total. The summed E-state index contributed by atoms with van der Waals surface area (Å²) in [6, 6.07) is -2.44. The summed E-state index contributed by atoms with van der Waals surface area (Å²) >= 11 is 0. The van der Waals surface area contributed by atoms with Crippen LogP contribution in [0.4, 0.5) is 0 Å². The van der Waals surface area contributed by atoms with E-state index in [2.05, 4.69) is 16.0 Å². The molecule has 0 unspecified atom stereocenters. The average Bonchev–Trinajstić information content (AvgIpc) is 2.68. The van der Waals surface area contributed by atoms with E-state index in [-0.39, 0.29) is 18.8 Å². The number of allylic oxidation sites excluding steroid dienone is 1. The van der Waals surface area contributed by atoms with Crippen LogP contribution in [-0.2, 0) is 23.9 Å². The molecule has 3 amide bonds. The molecule has 9 nitrogen and oxygen atoms in total. The van der Waals surface area contributed by atoms with Crippen LogP contribution in [-0.4, -0.2) is 70.6 Å². The highest BCUT2D eigenvalue weighted by atomic mass is 33.1. The molecule has 1 saturated heterocycles. The summed E-state index contributed by atoms with van der Waals surface area (Å²) in [5.74, 6) is -1.17. The number of esters is 1. The van der Waals surface area contributed by atoms with Crippen LogP contribution in [0.1, 0.15) is 40.0 Å². The molecule has 0 aromatic carbocycles. The van der Waals surface area contributed by atoms with Gasteiger partial charge < -0.3 is 25.8 Å². The van der Waals surface area contributed by atoms with E-state index >= 15 is 0 Å². The van der Waals surface area contributed by atoms with Crippen LogP contribution in [0.15, 0.2) is 12.2 Å². The molecular formula is C20H31N3O6S2. The highest BCUT2D eigenvalue weighted by Crippen LogP contribution is 2.24. The molecule has 2 aliphatic heterocycles. The maximum Gasteiger partial charge on any atom is 0.309 e. The van der Waals surface area contributed by atoms with Gasteiger partial charge in [0, 0.05) is 11.5 Å². The van der Waals surface area contributed by atoms with E-state index in [1.165, 1.54) is 17.7 Å². The van der Waals surface area contributed by atoms with E-state index in [9.17, 15) is 24.3 Å². The minimum Gasteiger partial charge on any atom is -0.457 e. The molecule has 2 aliphatic rings. The average molecular weight is 474 g/mol. The van der Waals surface area contributed by atoms with Gasteiger partial charge >= 0.3 is 5.97 Å². The second kappa shape index (κ2) is 12.4. The van der Waals surface area contributed by atoms with Gasteiger partial charge in [0.05, 0.1) is 25.0 Å². The van der Waals surface area contributed by atoms with Gasteiger partial charge in [-0.2, -0.15) is 0 Å². The molecule has 0 aromatic heterocycles. The fraction of sp³-hybridized carbons (Fsp3) is 0.700. The molecular weight excluding hydrogens is 442 g/mol. The van der Waals surface area contributed by atoms with E-state index in [0.717, 1.165) is 5.75 Å². The fourth-order valence-corrected chi connectivity index (χ4v) is 5.36. The largest absolute Gasteiger partial charge is 0.457 e. The quantitative estimate of drug-likeness (QED) is 0.246. The van der Waals surface area contributed by atoms with Gasteiger partial charge in [0.25, 0.3) is 0 Å². The molecule has 174 valence electrons. The Balaban J connectivity index is 2.41. The Hall–Kier alpha value is -1.72. The van der Waals surface area contributed by atoms with Crippen molar-refractivity contribution in [2.45, 2.75) is 70.4 Å². The lowest BCUT2D eigenvalue weighted by atomic mass is 9.96. The molecule has 31 heavy (non-hydrogen) atoms. The summed E-state index contributed by atoms with van der Waals surface area (Å²) < 4.78 is 5.43. The third-order valence-electron chi connectivity index (χ3n) is 4.93. The van der Waals surface area contributed by atoms with Crippen LogP contribution in [0.3, 0.4) is 0 Å². The zero-order valence-electron chi connectivity index (χ0n) is 18.0. The number of ether oxygens (including phenoxy) is 1. The number of aliphatic hydroxyl groups is 1. The Labute approximate surface area is 190 Å². The van der Waals surface area contributed by atoms with Gasteiger partial charge in [-0.15, -0.1) is 0 Å². The molecule has 0 radical (unpaired) electrons. The van der Waals surface area contributed by atoms with Crippen LogP contribution < -0.4 is 16.0 Å². The van der Waals surface area contributed by atoms with Crippen LogP contribution >= 0.6 is 21.6 Å². The summed E-state index contributed by atoms with van der Waals surface area (Å²) in [6.07, 6.45) is 1.72. The lowest BCUT2D eigenvalue weighted by Crippen LogP contribution is -2.57. The number of hydrogen-bond acceptors (Lipinski definition) is 8. The van der Waals surface area contributed by atoms with Gasteiger partial charge in [-0.25, -0.2) is 0 Å². The van der Waals surface area contributed by atoms with Gasteiger partial charge in [0.1, 0.15) is 18.2 Å². The van der Waals surface area contributed by atoms with Crippen LogP contribution in [0.5, 0.6) is 0 Å². The topological polar surface area (TPSA) is 134 Å². The monoisotopic (exact) mass is 473 g/mol. The van der Waals surface area contributed by atoms with E-state index in [0.29, 0.717) is 12.2 Å². The maximum atomic E-state index is 13.0. The first-order valence-corrected chi connectivity index (χ1v) is 12.8. The molecule has 0 saturated carbocycles. The zero-order valence-corrected chi connectivity index (χ0v) is 19.6. The highest BCUT2D eigenvalue weighted by molar-refractivity contribution is 8.76. The van der Waals surface area contributed by atoms with Gasteiger partial charge in [-0.3, -0.25) is 19.2 Å². The number of carbonyl (C=O) groups excluding carboxylic acids is 4. The number of rotatable bonds is 1. The predicted octanol–water partition coefficient (Wildman–Crippen LogP) is 0.525. The lowest BCUT2D eigenvalue weighted by Gasteiger charge is -2.29. The normalized spacial score (nSPS) is 33.1. The second-order valence-corrected chi connectivity index (χ2v) is 10.6. The molecule has 5 atom stereocenters. The minimum absolute atomic E-state index is 0.147. The van der Waals surface area contributed by atoms with Crippen molar-refractivity contribution >= 4 is 45.3 Å². The van der Waals surface area contributed by atoms with Crippen molar-refractivity contribution in [3.63, 3.8) is 0 Å².